The average molecular weight is 248 g/mol. The van der Waals surface area contributed by atoms with Crippen LogP contribution in [0.15, 0.2) is 22.7 Å². The summed E-state index contributed by atoms with van der Waals surface area (Å²) in [5, 5.41) is 0. The molecule has 1 aromatic rings. The quantitative estimate of drug-likeness (QED) is 0.816. The van der Waals surface area contributed by atoms with E-state index in [1.54, 1.807) is 19.9 Å². The van der Waals surface area contributed by atoms with Crippen LogP contribution in [0.4, 0.5) is 4.39 Å². The second-order valence-corrected chi connectivity index (χ2v) is 4.11. The number of hydrogen-bond acceptors (Lipinski definition) is 2. The Hall–Kier alpha value is -0.450. The van der Waals surface area contributed by atoms with Crippen molar-refractivity contribution in [2.24, 2.45) is 5.90 Å². The van der Waals surface area contributed by atoms with E-state index >= 15 is 0 Å². The van der Waals surface area contributed by atoms with Gasteiger partial charge >= 0.3 is 0 Å². The Balaban J connectivity index is 3.20. The highest BCUT2D eigenvalue weighted by Crippen LogP contribution is 2.30. The van der Waals surface area contributed by atoms with Gasteiger partial charge in [0.05, 0.1) is 0 Å². The predicted molar refractivity (Wildman–Crippen MR) is 52.4 cm³/mol. The van der Waals surface area contributed by atoms with Crippen LogP contribution in [0.2, 0.25) is 0 Å². The lowest BCUT2D eigenvalue weighted by molar-refractivity contribution is -0.0243. The standard InChI is InChI=1S/C9H11BrFNO/c1-9(2,13-12)7-5-6(11)3-4-8(7)10/h3-5H,12H2,1-2H3. The zero-order chi connectivity index (χ0) is 10.1. The van der Waals surface area contributed by atoms with Crippen molar-refractivity contribution in [1.82, 2.24) is 0 Å². The Kier molecular flexibility index (Phi) is 3.05. The molecular weight excluding hydrogens is 237 g/mol. The van der Waals surface area contributed by atoms with Gasteiger partial charge in [-0.3, -0.25) is 4.84 Å². The summed E-state index contributed by atoms with van der Waals surface area (Å²) in [6.45, 7) is 3.54. The lowest BCUT2D eigenvalue weighted by Gasteiger charge is -2.23. The van der Waals surface area contributed by atoms with Gasteiger partial charge in [-0.05, 0) is 32.0 Å². The summed E-state index contributed by atoms with van der Waals surface area (Å²) in [6.07, 6.45) is 0. The van der Waals surface area contributed by atoms with Crippen LogP contribution < -0.4 is 5.90 Å². The molecule has 1 aromatic carbocycles. The molecule has 1 rings (SSSR count). The van der Waals surface area contributed by atoms with E-state index in [9.17, 15) is 4.39 Å². The van der Waals surface area contributed by atoms with Gasteiger partial charge in [-0.25, -0.2) is 10.3 Å². The summed E-state index contributed by atoms with van der Waals surface area (Å²) in [7, 11) is 0. The van der Waals surface area contributed by atoms with E-state index in [0.717, 1.165) is 4.47 Å². The van der Waals surface area contributed by atoms with Gasteiger partial charge in [0.25, 0.3) is 0 Å². The van der Waals surface area contributed by atoms with Crippen molar-refractivity contribution in [3.05, 3.63) is 34.1 Å². The number of hydrogen-bond donors (Lipinski definition) is 1. The van der Waals surface area contributed by atoms with Gasteiger partial charge in [-0.2, -0.15) is 0 Å². The molecule has 0 fully saturated rings. The third-order valence-corrected chi connectivity index (χ3v) is 2.56. The molecule has 0 amide bonds. The molecule has 4 heteroatoms. The molecule has 0 heterocycles. The fourth-order valence-corrected chi connectivity index (χ4v) is 1.75. The number of halogens is 2. The van der Waals surface area contributed by atoms with Gasteiger partial charge in [-0.1, -0.05) is 15.9 Å². The zero-order valence-electron chi connectivity index (χ0n) is 7.47. The minimum absolute atomic E-state index is 0.302. The van der Waals surface area contributed by atoms with Crippen molar-refractivity contribution in [3.8, 4) is 0 Å². The van der Waals surface area contributed by atoms with Gasteiger partial charge in [0.1, 0.15) is 11.4 Å². The van der Waals surface area contributed by atoms with E-state index in [0.29, 0.717) is 5.56 Å². The third-order valence-electron chi connectivity index (χ3n) is 1.87. The van der Waals surface area contributed by atoms with E-state index in [-0.39, 0.29) is 5.82 Å². The monoisotopic (exact) mass is 247 g/mol. The van der Waals surface area contributed by atoms with Crippen LogP contribution in [0, 0.1) is 5.82 Å². The third kappa shape index (κ3) is 2.27. The minimum atomic E-state index is -0.694. The van der Waals surface area contributed by atoms with Crippen LogP contribution in [0.3, 0.4) is 0 Å². The zero-order valence-corrected chi connectivity index (χ0v) is 9.06. The first-order valence-electron chi connectivity index (χ1n) is 3.81. The first kappa shape index (κ1) is 10.6. The highest BCUT2D eigenvalue weighted by molar-refractivity contribution is 9.10. The van der Waals surface area contributed by atoms with Crippen LogP contribution in [-0.4, -0.2) is 0 Å². The molecule has 0 bridgehead atoms. The van der Waals surface area contributed by atoms with Gasteiger partial charge < -0.3 is 0 Å². The van der Waals surface area contributed by atoms with Gasteiger partial charge in [-0.15, -0.1) is 0 Å². The summed E-state index contributed by atoms with van der Waals surface area (Å²) in [5.74, 6) is 4.81. The molecular formula is C9H11BrFNO. The molecule has 0 radical (unpaired) electrons. The highest BCUT2D eigenvalue weighted by Gasteiger charge is 2.23. The fourth-order valence-electron chi connectivity index (χ4n) is 1.02. The second-order valence-electron chi connectivity index (χ2n) is 3.25. The molecule has 0 saturated heterocycles. The number of benzene rings is 1. The smallest absolute Gasteiger partial charge is 0.123 e. The van der Waals surface area contributed by atoms with E-state index < -0.39 is 5.60 Å². The van der Waals surface area contributed by atoms with Crippen molar-refractivity contribution >= 4 is 15.9 Å². The maximum Gasteiger partial charge on any atom is 0.123 e. The molecule has 0 atom stereocenters. The Morgan fingerprint density at radius 3 is 2.62 bits per heavy atom. The highest BCUT2D eigenvalue weighted by atomic mass is 79.9. The molecule has 0 aliphatic heterocycles. The Labute approximate surface area is 85.0 Å². The van der Waals surface area contributed by atoms with Crippen molar-refractivity contribution in [3.63, 3.8) is 0 Å². The van der Waals surface area contributed by atoms with Crippen molar-refractivity contribution in [1.29, 1.82) is 0 Å². The lowest BCUT2D eigenvalue weighted by Crippen LogP contribution is -2.25. The SMILES string of the molecule is CC(C)(ON)c1cc(F)ccc1Br. The molecule has 0 saturated carbocycles. The van der Waals surface area contributed by atoms with Crippen LogP contribution in [0.5, 0.6) is 0 Å². The molecule has 2 nitrogen and oxygen atoms in total. The van der Waals surface area contributed by atoms with E-state index in [4.69, 9.17) is 10.7 Å². The molecule has 0 aliphatic rings. The molecule has 0 aromatic heterocycles. The average Bonchev–Trinajstić information content (AvgIpc) is 2.09. The fraction of sp³-hybridized carbons (Fsp3) is 0.333. The summed E-state index contributed by atoms with van der Waals surface area (Å²) in [5.41, 5.74) is -0.00370. The molecule has 0 unspecified atom stereocenters. The normalized spacial score (nSPS) is 11.8. The van der Waals surface area contributed by atoms with Gasteiger partial charge in [0, 0.05) is 10.0 Å². The van der Waals surface area contributed by atoms with E-state index in [2.05, 4.69) is 15.9 Å². The van der Waals surface area contributed by atoms with Gasteiger partial charge in [0.2, 0.25) is 0 Å². The first-order chi connectivity index (χ1) is 5.97. The summed E-state index contributed by atoms with van der Waals surface area (Å²) < 4.78 is 13.7. The molecule has 72 valence electrons. The van der Waals surface area contributed by atoms with E-state index in [1.807, 2.05) is 0 Å². The lowest BCUT2D eigenvalue weighted by atomic mass is 9.98. The molecule has 0 aliphatic carbocycles. The molecule has 0 spiro atoms. The van der Waals surface area contributed by atoms with Crippen LogP contribution in [-0.2, 0) is 10.4 Å². The predicted octanol–water partition coefficient (Wildman–Crippen LogP) is 2.71. The van der Waals surface area contributed by atoms with Crippen LogP contribution in [0.1, 0.15) is 19.4 Å². The summed E-state index contributed by atoms with van der Waals surface area (Å²) in [4.78, 5) is 4.76. The van der Waals surface area contributed by atoms with Crippen molar-refractivity contribution < 1.29 is 9.23 Å². The van der Waals surface area contributed by atoms with Gasteiger partial charge in [0.15, 0.2) is 0 Å². The summed E-state index contributed by atoms with van der Waals surface area (Å²) >= 11 is 3.30. The van der Waals surface area contributed by atoms with Crippen LogP contribution in [0.25, 0.3) is 0 Å². The van der Waals surface area contributed by atoms with Crippen molar-refractivity contribution in [2.45, 2.75) is 19.4 Å². The molecule has 2 N–H and O–H groups in total. The minimum Gasteiger partial charge on any atom is -0.294 e. The topological polar surface area (TPSA) is 35.2 Å². The molecule has 13 heavy (non-hydrogen) atoms. The largest absolute Gasteiger partial charge is 0.294 e. The number of rotatable bonds is 2. The first-order valence-corrected chi connectivity index (χ1v) is 4.60. The van der Waals surface area contributed by atoms with Crippen molar-refractivity contribution in [2.75, 3.05) is 0 Å². The summed E-state index contributed by atoms with van der Waals surface area (Å²) in [6, 6.07) is 4.41. The Morgan fingerprint density at radius 2 is 2.08 bits per heavy atom. The maximum atomic E-state index is 12.9. The second kappa shape index (κ2) is 3.74. The van der Waals surface area contributed by atoms with Crippen LogP contribution >= 0.6 is 15.9 Å². The maximum absolute atomic E-state index is 12.9. The Morgan fingerprint density at radius 1 is 1.46 bits per heavy atom. The number of nitrogens with two attached hydrogens (primary N) is 1. The van der Waals surface area contributed by atoms with E-state index in [1.165, 1.54) is 12.1 Å². The Bertz CT molecular complexity index is 314.